The van der Waals surface area contributed by atoms with Crippen LogP contribution < -0.4 is 15.8 Å². The Labute approximate surface area is 115 Å². The van der Waals surface area contributed by atoms with E-state index in [0.717, 1.165) is 0 Å². The van der Waals surface area contributed by atoms with Crippen LogP contribution in [0.4, 0.5) is 11.4 Å². The molecule has 0 saturated heterocycles. The number of nitrogen functional groups attached to an aromatic ring is 1. The number of carbonyl (C=O) groups excluding carboxylic acids is 1. The van der Waals surface area contributed by atoms with Gasteiger partial charge in [-0.1, -0.05) is 6.07 Å². The first-order valence-electron chi connectivity index (χ1n) is 5.75. The van der Waals surface area contributed by atoms with E-state index in [1.54, 1.807) is 18.2 Å². The number of pyridine rings is 1. The van der Waals surface area contributed by atoms with Gasteiger partial charge in [0.2, 0.25) is 0 Å². The molecule has 0 aliphatic rings. The molecule has 1 aromatic carbocycles. The number of nitrogens with one attached hydrogen (secondary N) is 1. The van der Waals surface area contributed by atoms with Gasteiger partial charge in [-0.2, -0.15) is 5.26 Å². The molecular formula is C14H12N4O2. The zero-order valence-corrected chi connectivity index (χ0v) is 10.8. The maximum absolute atomic E-state index is 12.2. The summed E-state index contributed by atoms with van der Waals surface area (Å²) in [5, 5.41) is 11.7. The largest absolute Gasteiger partial charge is 0.495 e. The third kappa shape index (κ3) is 2.52. The van der Waals surface area contributed by atoms with E-state index in [9.17, 15) is 4.79 Å². The molecule has 6 heteroatoms. The highest BCUT2D eigenvalue weighted by molar-refractivity contribution is 6.08. The van der Waals surface area contributed by atoms with E-state index in [1.807, 2.05) is 6.07 Å². The van der Waals surface area contributed by atoms with E-state index in [1.165, 1.54) is 25.6 Å². The number of nitrogens with zero attached hydrogens (tertiary/aromatic N) is 2. The molecule has 6 nitrogen and oxygen atoms in total. The van der Waals surface area contributed by atoms with Gasteiger partial charge in [-0.25, -0.2) is 0 Å². The van der Waals surface area contributed by atoms with E-state index in [0.29, 0.717) is 22.7 Å². The summed E-state index contributed by atoms with van der Waals surface area (Å²) in [6, 6.07) is 8.45. The van der Waals surface area contributed by atoms with Crippen LogP contribution in [0.15, 0.2) is 36.7 Å². The standard InChI is InChI=1S/C14H12N4O2/c1-20-12-4-2-3-9(7-15)13(12)18-14(19)10-8-17-6-5-11(10)16/h2-6,8H,1H3,(H2,16,17)(H,18,19). The van der Waals surface area contributed by atoms with Crippen LogP contribution in [0.1, 0.15) is 15.9 Å². The Morgan fingerprint density at radius 2 is 2.25 bits per heavy atom. The highest BCUT2D eigenvalue weighted by Crippen LogP contribution is 2.28. The van der Waals surface area contributed by atoms with Gasteiger partial charge in [0.15, 0.2) is 0 Å². The van der Waals surface area contributed by atoms with Gasteiger partial charge in [0.25, 0.3) is 5.91 Å². The summed E-state index contributed by atoms with van der Waals surface area (Å²) in [5.41, 5.74) is 6.88. The predicted molar refractivity (Wildman–Crippen MR) is 74.3 cm³/mol. The second kappa shape index (κ2) is 5.71. The highest BCUT2D eigenvalue weighted by atomic mass is 16.5. The Morgan fingerprint density at radius 3 is 2.90 bits per heavy atom. The lowest BCUT2D eigenvalue weighted by Gasteiger charge is -2.12. The minimum atomic E-state index is -0.448. The summed E-state index contributed by atoms with van der Waals surface area (Å²) in [6.45, 7) is 0. The van der Waals surface area contributed by atoms with Crippen LogP contribution in [0.25, 0.3) is 0 Å². The zero-order valence-electron chi connectivity index (χ0n) is 10.8. The van der Waals surface area contributed by atoms with Gasteiger partial charge in [0, 0.05) is 18.1 Å². The van der Waals surface area contributed by atoms with Crippen molar-refractivity contribution in [2.45, 2.75) is 0 Å². The second-order valence-electron chi connectivity index (χ2n) is 3.91. The minimum absolute atomic E-state index is 0.238. The third-order valence-corrected chi connectivity index (χ3v) is 2.70. The minimum Gasteiger partial charge on any atom is -0.495 e. The summed E-state index contributed by atoms with van der Waals surface area (Å²) in [6.07, 6.45) is 2.86. The molecule has 2 aromatic rings. The first-order valence-corrected chi connectivity index (χ1v) is 5.75. The number of benzene rings is 1. The van der Waals surface area contributed by atoms with E-state index < -0.39 is 5.91 Å². The Balaban J connectivity index is 2.38. The van der Waals surface area contributed by atoms with Gasteiger partial charge >= 0.3 is 0 Å². The molecule has 0 fully saturated rings. The SMILES string of the molecule is COc1cccc(C#N)c1NC(=O)c1cnccc1N. The first kappa shape index (κ1) is 13.4. The quantitative estimate of drug-likeness (QED) is 0.883. The van der Waals surface area contributed by atoms with E-state index in [-0.39, 0.29) is 5.56 Å². The number of methoxy groups -OCH3 is 1. The molecule has 2 rings (SSSR count). The maximum atomic E-state index is 12.2. The number of aromatic nitrogens is 1. The van der Waals surface area contributed by atoms with E-state index in [2.05, 4.69) is 10.3 Å². The van der Waals surface area contributed by atoms with Crippen molar-refractivity contribution in [3.63, 3.8) is 0 Å². The first-order chi connectivity index (χ1) is 9.67. The van der Waals surface area contributed by atoms with Crippen molar-refractivity contribution in [1.29, 1.82) is 5.26 Å². The van der Waals surface area contributed by atoms with Crippen LogP contribution >= 0.6 is 0 Å². The molecule has 0 atom stereocenters. The number of para-hydroxylation sites is 1. The topological polar surface area (TPSA) is 101 Å². The molecule has 0 aliphatic heterocycles. The van der Waals surface area contributed by atoms with Crippen molar-refractivity contribution in [1.82, 2.24) is 4.98 Å². The molecule has 0 bridgehead atoms. The molecule has 0 radical (unpaired) electrons. The van der Waals surface area contributed by atoms with E-state index in [4.69, 9.17) is 15.7 Å². The molecule has 1 aromatic heterocycles. The Hall–Kier alpha value is -3.07. The summed E-state index contributed by atoms with van der Waals surface area (Å²) in [4.78, 5) is 16.0. The molecule has 100 valence electrons. The number of anilines is 2. The summed E-state index contributed by atoms with van der Waals surface area (Å²) < 4.78 is 5.14. The fraction of sp³-hybridized carbons (Fsp3) is 0.0714. The van der Waals surface area contributed by atoms with Crippen LogP contribution in [0.3, 0.4) is 0 Å². The fourth-order valence-electron chi connectivity index (χ4n) is 1.70. The number of nitrogens with two attached hydrogens (primary N) is 1. The second-order valence-corrected chi connectivity index (χ2v) is 3.91. The average Bonchev–Trinajstić information content (AvgIpc) is 2.47. The number of carbonyl (C=O) groups is 1. The monoisotopic (exact) mass is 268 g/mol. The molecular weight excluding hydrogens is 256 g/mol. The molecule has 0 saturated carbocycles. The molecule has 1 heterocycles. The number of amides is 1. The van der Waals surface area contributed by atoms with Crippen molar-refractivity contribution >= 4 is 17.3 Å². The lowest BCUT2D eigenvalue weighted by atomic mass is 10.1. The van der Waals surface area contributed by atoms with Crippen molar-refractivity contribution in [2.75, 3.05) is 18.2 Å². The van der Waals surface area contributed by atoms with Crippen LogP contribution in [-0.4, -0.2) is 18.0 Å². The lowest BCUT2D eigenvalue weighted by Crippen LogP contribution is -2.15. The third-order valence-electron chi connectivity index (χ3n) is 2.70. The Morgan fingerprint density at radius 1 is 1.45 bits per heavy atom. The molecule has 20 heavy (non-hydrogen) atoms. The number of nitriles is 1. The average molecular weight is 268 g/mol. The van der Waals surface area contributed by atoms with Crippen LogP contribution in [0.5, 0.6) is 5.75 Å². The normalized spacial score (nSPS) is 9.60. The van der Waals surface area contributed by atoms with Crippen LogP contribution in [-0.2, 0) is 0 Å². The van der Waals surface area contributed by atoms with Crippen molar-refractivity contribution in [3.8, 4) is 11.8 Å². The van der Waals surface area contributed by atoms with Gasteiger partial charge in [0.1, 0.15) is 17.5 Å². The fourth-order valence-corrected chi connectivity index (χ4v) is 1.70. The van der Waals surface area contributed by atoms with Gasteiger partial charge in [0.05, 0.1) is 18.2 Å². The van der Waals surface area contributed by atoms with Crippen LogP contribution in [0.2, 0.25) is 0 Å². The lowest BCUT2D eigenvalue weighted by molar-refractivity contribution is 0.102. The van der Waals surface area contributed by atoms with Gasteiger partial charge in [-0.15, -0.1) is 0 Å². The van der Waals surface area contributed by atoms with Gasteiger partial charge in [-0.05, 0) is 18.2 Å². The van der Waals surface area contributed by atoms with Gasteiger partial charge < -0.3 is 15.8 Å². The number of rotatable bonds is 3. The van der Waals surface area contributed by atoms with Crippen molar-refractivity contribution in [3.05, 3.63) is 47.8 Å². The highest BCUT2D eigenvalue weighted by Gasteiger charge is 2.15. The summed E-state index contributed by atoms with van der Waals surface area (Å²) in [5.74, 6) is -0.0449. The molecule has 0 aliphatic carbocycles. The Bertz CT molecular complexity index is 692. The van der Waals surface area contributed by atoms with Gasteiger partial charge in [-0.3, -0.25) is 9.78 Å². The molecule has 3 N–H and O–H groups in total. The van der Waals surface area contributed by atoms with E-state index >= 15 is 0 Å². The zero-order chi connectivity index (χ0) is 14.5. The Kier molecular flexibility index (Phi) is 3.82. The van der Waals surface area contributed by atoms with Crippen molar-refractivity contribution < 1.29 is 9.53 Å². The van der Waals surface area contributed by atoms with Crippen LogP contribution in [0, 0.1) is 11.3 Å². The number of ether oxygens (including phenoxy) is 1. The summed E-state index contributed by atoms with van der Waals surface area (Å²) in [7, 11) is 1.46. The number of hydrogen-bond donors (Lipinski definition) is 2. The molecule has 0 spiro atoms. The molecule has 0 unspecified atom stereocenters. The smallest absolute Gasteiger partial charge is 0.259 e. The molecule has 1 amide bonds. The maximum Gasteiger partial charge on any atom is 0.259 e. The number of hydrogen-bond acceptors (Lipinski definition) is 5. The van der Waals surface area contributed by atoms with Crippen molar-refractivity contribution in [2.24, 2.45) is 0 Å². The predicted octanol–water partition coefficient (Wildman–Crippen LogP) is 1.80. The summed E-state index contributed by atoms with van der Waals surface area (Å²) >= 11 is 0.